The zero-order valence-corrected chi connectivity index (χ0v) is 12.8. The number of piperidine rings is 1. The van der Waals surface area contributed by atoms with Gasteiger partial charge in [-0.3, -0.25) is 14.3 Å². The number of aromatic nitrogens is 1. The Balaban J connectivity index is 1.71. The van der Waals surface area contributed by atoms with Gasteiger partial charge in [-0.15, -0.1) is 0 Å². The summed E-state index contributed by atoms with van der Waals surface area (Å²) < 4.78 is 12.4. The van der Waals surface area contributed by atoms with Gasteiger partial charge in [-0.2, -0.15) is 0 Å². The van der Waals surface area contributed by atoms with E-state index in [0.717, 1.165) is 37.0 Å². The second-order valence-corrected chi connectivity index (χ2v) is 5.67. The molecule has 0 N–H and O–H groups in total. The summed E-state index contributed by atoms with van der Waals surface area (Å²) in [6.07, 6.45) is 1.66. The Morgan fingerprint density at radius 3 is 2.81 bits per heavy atom. The molecular formula is C15H18N2O3S. The summed E-state index contributed by atoms with van der Waals surface area (Å²) in [7, 11) is 1.45. The van der Waals surface area contributed by atoms with Crippen LogP contribution in [-0.4, -0.2) is 35.6 Å². The van der Waals surface area contributed by atoms with Gasteiger partial charge in [-0.25, -0.2) is 0 Å². The molecule has 0 aliphatic carbocycles. The third-order valence-corrected chi connectivity index (χ3v) is 4.34. The van der Waals surface area contributed by atoms with Crippen molar-refractivity contribution in [2.75, 3.05) is 20.2 Å². The minimum absolute atomic E-state index is 0.0281. The number of fused-ring (bicyclic) bond motifs is 1. The van der Waals surface area contributed by atoms with Gasteiger partial charge < -0.3 is 9.15 Å². The van der Waals surface area contributed by atoms with Crippen molar-refractivity contribution < 1.29 is 13.9 Å². The van der Waals surface area contributed by atoms with Gasteiger partial charge in [-0.1, -0.05) is 12.1 Å². The molecule has 1 aromatic heterocycles. The fraction of sp³-hybridized carbons (Fsp3) is 0.467. The Labute approximate surface area is 128 Å². The first-order valence-electron chi connectivity index (χ1n) is 7.07. The van der Waals surface area contributed by atoms with Gasteiger partial charge in [0.2, 0.25) is 0 Å². The molecule has 6 heteroatoms. The summed E-state index contributed by atoms with van der Waals surface area (Å²) in [6, 6.07) is 7.85. The second kappa shape index (κ2) is 5.99. The van der Waals surface area contributed by atoms with Crippen LogP contribution in [0.4, 0.5) is 0 Å². The van der Waals surface area contributed by atoms with Gasteiger partial charge in [-0.05, 0) is 37.2 Å². The van der Waals surface area contributed by atoms with Crippen LogP contribution in [-0.2, 0) is 16.2 Å². The molecule has 0 bridgehead atoms. The maximum atomic E-state index is 11.5. The lowest BCUT2D eigenvalue weighted by Gasteiger charge is -2.30. The Morgan fingerprint density at radius 2 is 2.10 bits per heavy atom. The molecule has 2 heterocycles. The summed E-state index contributed by atoms with van der Waals surface area (Å²) in [6.45, 7) is 2.42. The van der Waals surface area contributed by atoms with Gasteiger partial charge in [0.15, 0.2) is 5.58 Å². The van der Waals surface area contributed by atoms with E-state index >= 15 is 0 Å². The molecule has 0 spiro atoms. The largest absolute Gasteiger partial charge is 0.469 e. The maximum Gasteiger partial charge on any atom is 0.308 e. The van der Waals surface area contributed by atoms with Crippen LogP contribution in [0.5, 0.6) is 0 Å². The smallest absolute Gasteiger partial charge is 0.308 e. The van der Waals surface area contributed by atoms with Crippen LogP contribution in [0.2, 0.25) is 0 Å². The van der Waals surface area contributed by atoms with Crippen molar-refractivity contribution in [3.63, 3.8) is 0 Å². The van der Waals surface area contributed by atoms with Crippen LogP contribution in [0.3, 0.4) is 0 Å². The Bertz CT molecular complexity index is 698. The lowest BCUT2D eigenvalue weighted by molar-refractivity contribution is -0.147. The molecular weight excluding hydrogens is 288 g/mol. The Morgan fingerprint density at radius 1 is 1.38 bits per heavy atom. The fourth-order valence-corrected chi connectivity index (χ4v) is 3.07. The number of carbonyl (C=O) groups excluding carboxylic acids is 1. The fourth-order valence-electron chi connectivity index (χ4n) is 2.82. The molecule has 0 radical (unpaired) electrons. The van der Waals surface area contributed by atoms with Crippen LogP contribution < -0.4 is 0 Å². The van der Waals surface area contributed by atoms with E-state index in [1.807, 2.05) is 28.8 Å². The van der Waals surface area contributed by atoms with Crippen molar-refractivity contribution >= 4 is 29.3 Å². The maximum absolute atomic E-state index is 11.5. The highest BCUT2D eigenvalue weighted by molar-refractivity contribution is 7.71. The number of benzene rings is 1. The molecule has 21 heavy (non-hydrogen) atoms. The van der Waals surface area contributed by atoms with Crippen LogP contribution in [0.25, 0.3) is 11.1 Å². The number of likely N-dealkylation sites (tertiary alicyclic amines) is 1. The molecule has 1 aliphatic heterocycles. The van der Waals surface area contributed by atoms with E-state index in [4.69, 9.17) is 21.4 Å². The molecule has 0 amide bonds. The van der Waals surface area contributed by atoms with Crippen molar-refractivity contribution in [2.24, 2.45) is 5.92 Å². The van der Waals surface area contributed by atoms with Gasteiger partial charge >= 0.3 is 5.97 Å². The quantitative estimate of drug-likeness (QED) is 0.644. The molecule has 2 aromatic rings. The molecule has 0 unspecified atom stereocenters. The second-order valence-electron chi connectivity index (χ2n) is 5.32. The SMILES string of the molecule is COC(=O)C1CCN(Cn2c(=S)oc3ccccc32)CC1. The molecule has 112 valence electrons. The van der Waals surface area contributed by atoms with Crippen LogP contribution >= 0.6 is 12.2 Å². The van der Waals surface area contributed by atoms with E-state index < -0.39 is 0 Å². The summed E-state index contributed by atoms with van der Waals surface area (Å²) in [5.41, 5.74) is 1.82. The zero-order chi connectivity index (χ0) is 14.8. The van der Waals surface area contributed by atoms with Crippen molar-refractivity contribution in [2.45, 2.75) is 19.5 Å². The van der Waals surface area contributed by atoms with Crippen molar-refractivity contribution in [3.8, 4) is 0 Å². The van der Waals surface area contributed by atoms with E-state index in [1.165, 1.54) is 7.11 Å². The average Bonchev–Trinajstić information content (AvgIpc) is 2.83. The predicted molar refractivity (Wildman–Crippen MR) is 81.4 cm³/mol. The molecule has 0 saturated carbocycles. The molecule has 1 aliphatic rings. The summed E-state index contributed by atoms with van der Waals surface area (Å²) in [4.78, 5) is 14.3. The number of ether oxygens (including phenoxy) is 1. The molecule has 1 fully saturated rings. The van der Waals surface area contributed by atoms with Crippen LogP contribution in [0, 0.1) is 10.8 Å². The van der Waals surface area contributed by atoms with Crippen molar-refractivity contribution in [3.05, 3.63) is 29.1 Å². The van der Waals surface area contributed by atoms with Crippen LogP contribution in [0.1, 0.15) is 12.8 Å². The number of oxazole rings is 1. The third-order valence-electron chi connectivity index (χ3n) is 4.04. The molecule has 1 aromatic carbocycles. The average molecular weight is 306 g/mol. The zero-order valence-electron chi connectivity index (χ0n) is 11.9. The summed E-state index contributed by atoms with van der Waals surface area (Å²) in [5.74, 6) is -0.0691. The number of carbonyl (C=O) groups is 1. The predicted octanol–water partition coefficient (Wildman–Crippen LogP) is 2.81. The highest BCUT2D eigenvalue weighted by Crippen LogP contribution is 2.22. The van der Waals surface area contributed by atoms with Gasteiger partial charge in [0.1, 0.15) is 0 Å². The highest BCUT2D eigenvalue weighted by Gasteiger charge is 2.25. The van der Waals surface area contributed by atoms with E-state index in [1.54, 1.807) is 0 Å². The lowest BCUT2D eigenvalue weighted by atomic mass is 9.97. The minimum Gasteiger partial charge on any atom is -0.469 e. The molecule has 1 saturated heterocycles. The van der Waals surface area contributed by atoms with E-state index in [9.17, 15) is 4.79 Å². The number of hydrogen-bond acceptors (Lipinski definition) is 5. The van der Waals surface area contributed by atoms with E-state index in [0.29, 0.717) is 11.5 Å². The van der Waals surface area contributed by atoms with Gasteiger partial charge in [0.05, 0.1) is 25.2 Å². The Kier molecular flexibility index (Phi) is 4.07. The molecule has 5 nitrogen and oxygen atoms in total. The standard InChI is InChI=1S/C15H18N2O3S/c1-19-14(18)11-6-8-16(9-7-11)10-17-12-4-2-3-5-13(12)20-15(17)21/h2-5,11H,6-10H2,1H3. The van der Waals surface area contributed by atoms with Gasteiger partial charge in [0.25, 0.3) is 4.84 Å². The van der Waals surface area contributed by atoms with E-state index in [2.05, 4.69) is 4.90 Å². The number of nitrogens with zero attached hydrogens (tertiary/aromatic N) is 2. The third kappa shape index (κ3) is 2.87. The van der Waals surface area contributed by atoms with E-state index in [-0.39, 0.29) is 11.9 Å². The Hall–Kier alpha value is -1.66. The first-order valence-corrected chi connectivity index (χ1v) is 7.48. The van der Waals surface area contributed by atoms with Crippen molar-refractivity contribution in [1.29, 1.82) is 0 Å². The minimum atomic E-state index is -0.0972. The van der Waals surface area contributed by atoms with Gasteiger partial charge in [0, 0.05) is 13.1 Å². The van der Waals surface area contributed by atoms with Crippen LogP contribution in [0.15, 0.2) is 28.7 Å². The summed E-state index contributed by atoms with van der Waals surface area (Å²) >= 11 is 5.30. The number of hydrogen-bond donors (Lipinski definition) is 0. The first-order chi connectivity index (χ1) is 10.2. The molecule has 3 rings (SSSR count). The number of methoxy groups -OCH3 is 1. The highest BCUT2D eigenvalue weighted by atomic mass is 32.1. The monoisotopic (exact) mass is 306 g/mol. The lowest BCUT2D eigenvalue weighted by Crippen LogP contribution is -2.37. The topological polar surface area (TPSA) is 47.6 Å². The first kappa shape index (κ1) is 14.3. The summed E-state index contributed by atoms with van der Waals surface area (Å²) in [5, 5.41) is 0. The van der Waals surface area contributed by atoms with Crippen molar-refractivity contribution in [1.82, 2.24) is 9.47 Å². The number of esters is 1. The number of para-hydroxylation sites is 2. The number of rotatable bonds is 3. The molecule has 0 atom stereocenters. The normalized spacial score (nSPS) is 17.2.